The van der Waals surface area contributed by atoms with E-state index in [9.17, 15) is 8.42 Å². The van der Waals surface area contributed by atoms with Crippen LogP contribution in [0.1, 0.15) is 35.7 Å². The molecule has 3 heterocycles. The molecule has 2 aromatic heterocycles. The highest BCUT2D eigenvalue weighted by Gasteiger charge is 2.29. The fraction of sp³-hybridized carbons (Fsp3) is 0.471. The zero-order valence-electron chi connectivity index (χ0n) is 15.0. The summed E-state index contributed by atoms with van der Waals surface area (Å²) >= 11 is 1.53. The number of fused-ring (bicyclic) bond motifs is 1. The van der Waals surface area contributed by atoms with E-state index in [1.165, 1.54) is 33.0 Å². The molecule has 0 atom stereocenters. The van der Waals surface area contributed by atoms with Gasteiger partial charge in [0.05, 0.1) is 6.26 Å². The lowest BCUT2D eigenvalue weighted by Crippen LogP contribution is -2.37. The Labute approximate surface area is 156 Å². The van der Waals surface area contributed by atoms with E-state index in [0.717, 1.165) is 34.2 Å². The molecular formula is C17H21N5O2S2. The molecule has 1 aliphatic heterocycles. The van der Waals surface area contributed by atoms with Gasteiger partial charge in [-0.2, -0.15) is 9.61 Å². The van der Waals surface area contributed by atoms with Gasteiger partial charge in [-0.3, -0.25) is 0 Å². The van der Waals surface area contributed by atoms with Crippen molar-refractivity contribution in [3.05, 3.63) is 35.2 Å². The normalized spacial score (nSPS) is 17.2. The molecule has 1 aliphatic rings. The third-order valence-electron chi connectivity index (χ3n) is 4.92. The van der Waals surface area contributed by atoms with Crippen molar-refractivity contribution in [1.29, 1.82) is 0 Å². The molecule has 0 bridgehead atoms. The minimum absolute atomic E-state index is 0.178. The summed E-state index contributed by atoms with van der Waals surface area (Å²) in [5.41, 5.74) is 3.54. The summed E-state index contributed by atoms with van der Waals surface area (Å²) in [6, 6.07) is 6.34. The number of hydrogen-bond donors (Lipinski definition) is 0. The molecule has 0 unspecified atom stereocenters. The molecule has 3 aromatic rings. The topological polar surface area (TPSA) is 80.5 Å². The van der Waals surface area contributed by atoms with E-state index in [0.29, 0.717) is 13.1 Å². The highest BCUT2D eigenvalue weighted by Crippen LogP contribution is 2.32. The van der Waals surface area contributed by atoms with E-state index in [2.05, 4.69) is 42.2 Å². The Balaban J connectivity index is 1.63. The Morgan fingerprint density at radius 1 is 1.15 bits per heavy atom. The van der Waals surface area contributed by atoms with E-state index in [1.807, 2.05) is 4.52 Å². The quantitative estimate of drug-likeness (QED) is 0.686. The molecule has 0 saturated carbocycles. The van der Waals surface area contributed by atoms with Gasteiger partial charge in [0, 0.05) is 24.6 Å². The zero-order chi connectivity index (χ0) is 18.5. The molecule has 26 heavy (non-hydrogen) atoms. The first kappa shape index (κ1) is 17.6. The van der Waals surface area contributed by atoms with Gasteiger partial charge < -0.3 is 0 Å². The zero-order valence-corrected chi connectivity index (χ0v) is 16.6. The Bertz CT molecular complexity index is 1060. The molecule has 7 nitrogen and oxygen atoms in total. The maximum atomic E-state index is 11.7. The van der Waals surface area contributed by atoms with Crippen molar-refractivity contribution in [3.63, 3.8) is 0 Å². The standard InChI is InChI=1S/C17H21N5O2S2/c1-11-4-5-14(12(2)10-11)16-20-22-15(18-19-17(22)25-16)13-6-8-21(9-7-13)26(3,23)24/h4-5,10,13H,6-9H2,1-3H3. The van der Waals surface area contributed by atoms with Crippen molar-refractivity contribution in [2.24, 2.45) is 0 Å². The largest absolute Gasteiger partial charge is 0.234 e. The van der Waals surface area contributed by atoms with E-state index in [1.54, 1.807) is 0 Å². The van der Waals surface area contributed by atoms with Gasteiger partial charge in [0.15, 0.2) is 5.82 Å². The van der Waals surface area contributed by atoms with Crippen LogP contribution in [0.2, 0.25) is 0 Å². The minimum atomic E-state index is -3.12. The Morgan fingerprint density at radius 2 is 1.88 bits per heavy atom. The van der Waals surface area contributed by atoms with Gasteiger partial charge in [0.25, 0.3) is 0 Å². The lowest BCUT2D eigenvalue weighted by atomic mass is 9.97. The molecule has 0 radical (unpaired) electrons. The molecule has 1 fully saturated rings. The van der Waals surface area contributed by atoms with Crippen LogP contribution in [0.25, 0.3) is 15.5 Å². The van der Waals surface area contributed by atoms with Gasteiger partial charge in [0.2, 0.25) is 15.0 Å². The number of aromatic nitrogens is 4. The van der Waals surface area contributed by atoms with Crippen LogP contribution >= 0.6 is 11.3 Å². The molecule has 138 valence electrons. The van der Waals surface area contributed by atoms with Crippen molar-refractivity contribution >= 4 is 26.3 Å². The van der Waals surface area contributed by atoms with Gasteiger partial charge in [0.1, 0.15) is 5.01 Å². The minimum Gasteiger partial charge on any atom is -0.213 e. The molecule has 9 heteroatoms. The van der Waals surface area contributed by atoms with Crippen molar-refractivity contribution in [2.45, 2.75) is 32.6 Å². The van der Waals surface area contributed by atoms with Crippen LogP contribution in [0.5, 0.6) is 0 Å². The molecular weight excluding hydrogens is 370 g/mol. The van der Waals surface area contributed by atoms with Crippen molar-refractivity contribution < 1.29 is 8.42 Å². The maximum Gasteiger partial charge on any atom is 0.234 e. The predicted molar refractivity (Wildman–Crippen MR) is 102 cm³/mol. The van der Waals surface area contributed by atoms with Crippen LogP contribution in [-0.2, 0) is 10.0 Å². The van der Waals surface area contributed by atoms with E-state index < -0.39 is 10.0 Å². The summed E-state index contributed by atoms with van der Waals surface area (Å²) in [4.78, 5) is 0.778. The average Bonchev–Trinajstić information content (AvgIpc) is 3.14. The molecule has 1 saturated heterocycles. The Hall–Kier alpha value is -1.84. The number of nitrogens with zero attached hydrogens (tertiary/aromatic N) is 5. The van der Waals surface area contributed by atoms with Gasteiger partial charge in [-0.15, -0.1) is 10.2 Å². The fourth-order valence-corrected chi connectivity index (χ4v) is 5.31. The third-order valence-corrected chi connectivity index (χ3v) is 7.15. The maximum absolute atomic E-state index is 11.7. The number of sulfonamides is 1. The first-order valence-corrected chi connectivity index (χ1v) is 11.2. The first-order valence-electron chi connectivity index (χ1n) is 8.58. The van der Waals surface area contributed by atoms with Crippen molar-refractivity contribution in [1.82, 2.24) is 24.1 Å². The van der Waals surface area contributed by atoms with Crippen LogP contribution in [0.4, 0.5) is 0 Å². The summed E-state index contributed by atoms with van der Waals surface area (Å²) in [6.07, 6.45) is 2.74. The van der Waals surface area contributed by atoms with Gasteiger partial charge in [-0.05, 0) is 32.3 Å². The summed E-state index contributed by atoms with van der Waals surface area (Å²) in [7, 11) is -3.12. The molecule has 1 aromatic carbocycles. The lowest BCUT2D eigenvalue weighted by Gasteiger charge is -2.28. The fourth-order valence-electron chi connectivity index (χ4n) is 3.49. The second-order valence-corrected chi connectivity index (χ2v) is 9.85. The van der Waals surface area contributed by atoms with E-state index in [4.69, 9.17) is 5.10 Å². The number of piperidine rings is 1. The third kappa shape index (κ3) is 3.15. The number of benzene rings is 1. The number of aryl methyl sites for hydroxylation is 2. The van der Waals surface area contributed by atoms with Crippen molar-refractivity contribution in [3.8, 4) is 10.6 Å². The second kappa shape index (κ2) is 6.40. The smallest absolute Gasteiger partial charge is 0.213 e. The van der Waals surface area contributed by atoms with Crippen LogP contribution in [0.3, 0.4) is 0 Å². The highest BCUT2D eigenvalue weighted by atomic mass is 32.2. The van der Waals surface area contributed by atoms with E-state index in [-0.39, 0.29) is 5.92 Å². The van der Waals surface area contributed by atoms with Gasteiger partial charge in [-0.1, -0.05) is 35.1 Å². The Morgan fingerprint density at radius 3 is 2.54 bits per heavy atom. The second-order valence-electron chi connectivity index (χ2n) is 6.91. The summed E-state index contributed by atoms with van der Waals surface area (Å²) in [5, 5.41) is 14.3. The highest BCUT2D eigenvalue weighted by molar-refractivity contribution is 7.88. The Kier molecular flexibility index (Phi) is 4.32. The molecule has 0 aliphatic carbocycles. The van der Waals surface area contributed by atoms with Crippen LogP contribution in [-0.4, -0.2) is 51.9 Å². The molecule has 0 amide bonds. The number of rotatable bonds is 3. The summed E-state index contributed by atoms with van der Waals surface area (Å²) in [5.74, 6) is 1.01. The van der Waals surface area contributed by atoms with Crippen LogP contribution < -0.4 is 0 Å². The van der Waals surface area contributed by atoms with Crippen LogP contribution in [0, 0.1) is 13.8 Å². The summed E-state index contributed by atoms with van der Waals surface area (Å²) in [6.45, 7) is 5.21. The lowest BCUT2D eigenvalue weighted by molar-refractivity contribution is 0.313. The predicted octanol–water partition coefficient (Wildman–Crippen LogP) is 2.61. The van der Waals surface area contributed by atoms with E-state index >= 15 is 0 Å². The van der Waals surface area contributed by atoms with Crippen molar-refractivity contribution in [2.75, 3.05) is 19.3 Å². The van der Waals surface area contributed by atoms with Gasteiger partial charge >= 0.3 is 0 Å². The molecule has 0 spiro atoms. The molecule has 0 N–H and O–H groups in total. The number of hydrogen-bond acceptors (Lipinski definition) is 6. The SMILES string of the molecule is Cc1ccc(-c2nn3c(C4CCN(S(C)(=O)=O)CC4)nnc3s2)c(C)c1. The van der Waals surface area contributed by atoms with Gasteiger partial charge in [-0.25, -0.2) is 12.7 Å². The monoisotopic (exact) mass is 391 g/mol. The molecule has 4 rings (SSSR count). The summed E-state index contributed by atoms with van der Waals surface area (Å²) < 4.78 is 26.7. The average molecular weight is 392 g/mol. The first-order chi connectivity index (χ1) is 12.3. The van der Waals surface area contributed by atoms with Crippen LogP contribution in [0.15, 0.2) is 18.2 Å².